The Kier molecular flexibility index (Phi) is 7.25. The molecule has 0 radical (unpaired) electrons. The molecule has 1 saturated carbocycles. The number of aromatic amines is 1. The van der Waals surface area contributed by atoms with Gasteiger partial charge in [-0.05, 0) is 92.8 Å². The zero-order valence-corrected chi connectivity index (χ0v) is 23.9. The summed E-state index contributed by atoms with van der Waals surface area (Å²) in [4.78, 5) is 32.3. The van der Waals surface area contributed by atoms with E-state index in [1.54, 1.807) is 12.0 Å². The smallest absolute Gasteiger partial charge is 0.305 e. The summed E-state index contributed by atoms with van der Waals surface area (Å²) >= 11 is 0. The summed E-state index contributed by atoms with van der Waals surface area (Å²) in [5, 5.41) is 19.9. The Morgan fingerprint density at radius 1 is 1.17 bits per heavy atom. The lowest BCUT2D eigenvalue weighted by atomic mass is 9.56. The second-order valence-corrected chi connectivity index (χ2v) is 12.3. The van der Waals surface area contributed by atoms with Gasteiger partial charge < -0.3 is 19.7 Å². The maximum absolute atomic E-state index is 13.3. The highest BCUT2D eigenvalue weighted by molar-refractivity contribution is 5.95. The molecule has 3 aliphatic rings. The first-order valence-electron chi connectivity index (χ1n) is 14.7. The van der Waals surface area contributed by atoms with E-state index in [0.29, 0.717) is 12.1 Å². The van der Waals surface area contributed by atoms with E-state index in [-0.39, 0.29) is 35.7 Å². The summed E-state index contributed by atoms with van der Waals surface area (Å²) in [7, 11) is 1.73. The number of aromatic nitrogens is 1. The number of carboxylic acids is 1. The highest BCUT2D eigenvalue weighted by atomic mass is 16.5. The number of carbonyl (C=O) groups is 2. The lowest BCUT2D eigenvalue weighted by molar-refractivity contribution is -0.137. The third-order valence-electron chi connectivity index (χ3n) is 9.82. The molecule has 1 aliphatic carbocycles. The van der Waals surface area contributed by atoms with Crippen LogP contribution in [0.25, 0.3) is 10.9 Å². The second-order valence-electron chi connectivity index (χ2n) is 12.3. The summed E-state index contributed by atoms with van der Waals surface area (Å²) in [6.45, 7) is 4.36. The number of fused-ring (bicyclic) bond motifs is 1. The summed E-state index contributed by atoms with van der Waals surface area (Å²) < 4.78 is 5.86. The normalized spacial score (nSPS) is 26.2. The van der Waals surface area contributed by atoms with Gasteiger partial charge in [0.25, 0.3) is 5.91 Å². The number of nitrogens with one attached hydrogen (secondary N) is 1. The highest BCUT2D eigenvalue weighted by Crippen LogP contribution is 2.57. The van der Waals surface area contributed by atoms with Gasteiger partial charge in [-0.25, -0.2) is 0 Å². The van der Waals surface area contributed by atoms with Crippen molar-refractivity contribution in [2.24, 2.45) is 11.3 Å². The first kappa shape index (κ1) is 27.3. The number of carbonyl (C=O) groups excluding carboxylic acids is 1. The first-order chi connectivity index (χ1) is 19.8. The topological polar surface area (TPSA) is 110 Å². The molecule has 1 spiro atoms. The van der Waals surface area contributed by atoms with Crippen molar-refractivity contribution in [3.05, 3.63) is 64.8 Å². The molecule has 6 rings (SSSR count). The number of carboxylic acid groups (broad SMARTS) is 1. The van der Waals surface area contributed by atoms with Crippen LogP contribution in [0.2, 0.25) is 0 Å². The summed E-state index contributed by atoms with van der Waals surface area (Å²) in [6, 6.07) is 14.6. The number of piperidine rings is 1. The fourth-order valence-electron chi connectivity index (χ4n) is 7.66. The van der Waals surface area contributed by atoms with Crippen molar-refractivity contribution < 1.29 is 19.4 Å². The SMILES string of the molecule is COc1cc(C)c2[nH]ccc2c1CN1CCC2(CC(C#N)C2)C[C@H]1c1ccc(C(=O)N2CCC[C@H]2CC(=O)O)cc1. The second kappa shape index (κ2) is 10.9. The Hall–Kier alpha value is -3.83. The predicted octanol–water partition coefficient (Wildman–Crippen LogP) is 5.82. The molecule has 3 fully saturated rings. The molecule has 1 amide bonds. The number of H-pyrrole nitrogens is 1. The van der Waals surface area contributed by atoms with Crippen LogP contribution in [0, 0.1) is 29.6 Å². The van der Waals surface area contributed by atoms with E-state index in [1.807, 2.05) is 18.3 Å². The van der Waals surface area contributed by atoms with E-state index < -0.39 is 5.97 Å². The van der Waals surface area contributed by atoms with Crippen LogP contribution in [-0.4, -0.2) is 58.0 Å². The Morgan fingerprint density at radius 2 is 1.95 bits per heavy atom. The number of benzene rings is 2. The van der Waals surface area contributed by atoms with Gasteiger partial charge in [0.2, 0.25) is 0 Å². The van der Waals surface area contributed by atoms with Crippen molar-refractivity contribution in [3.63, 3.8) is 0 Å². The molecule has 2 N–H and O–H groups in total. The van der Waals surface area contributed by atoms with Gasteiger partial charge in [-0.2, -0.15) is 5.26 Å². The first-order valence-corrected chi connectivity index (χ1v) is 14.7. The third kappa shape index (κ3) is 5.08. The van der Waals surface area contributed by atoms with Crippen LogP contribution in [0.3, 0.4) is 0 Å². The Balaban J connectivity index is 1.28. The number of ether oxygens (including phenoxy) is 1. The van der Waals surface area contributed by atoms with Crippen molar-refractivity contribution in [1.29, 1.82) is 5.26 Å². The number of nitriles is 1. The van der Waals surface area contributed by atoms with Gasteiger partial charge in [0, 0.05) is 59.3 Å². The molecule has 8 nitrogen and oxygen atoms in total. The zero-order valence-electron chi connectivity index (χ0n) is 23.9. The monoisotopic (exact) mass is 554 g/mol. The summed E-state index contributed by atoms with van der Waals surface area (Å²) in [6.07, 6.45) is 7.51. The average Bonchev–Trinajstić information content (AvgIpc) is 3.63. The van der Waals surface area contributed by atoms with Crippen LogP contribution in [0.4, 0.5) is 0 Å². The molecule has 3 aromatic rings. The van der Waals surface area contributed by atoms with E-state index in [2.05, 4.69) is 47.1 Å². The Labute approximate surface area is 240 Å². The van der Waals surface area contributed by atoms with E-state index in [1.165, 1.54) is 16.5 Å². The van der Waals surface area contributed by atoms with Crippen LogP contribution in [0.15, 0.2) is 42.6 Å². The van der Waals surface area contributed by atoms with Gasteiger partial charge in [-0.1, -0.05) is 12.1 Å². The number of methoxy groups -OCH3 is 1. The fourth-order valence-corrected chi connectivity index (χ4v) is 7.66. The van der Waals surface area contributed by atoms with Crippen molar-refractivity contribution >= 4 is 22.8 Å². The number of amides is 1. The van der Waals surface area contributed by atoms with Crippen LogP contribution >= 0.6 is 0 Å². The summed E-state index contributed by atoms with van der Waals surface area (Å²) in [5.74, 6) is 0.0860. The van der Waals surface area contributed by atoms with Crippen LogP contribution in [0.1, 0.15) is 78.0 Å². The molecule has 2 aliphatic heterocycles. The van der Waals surface area contributed by atoms with E-state index in [0.717, 1.165) is 68.4 Å². The molecule has 214 valence electrons. The maximum atomic E-state index is 13.3. The molecule has 3 heterocycles. The van der Waals surface area contributed by atoms with Gasteiger partial charge >= 0.3 is 5.97 Å². The molecular weight excluding hydrogens is 516 g/mol. The fraction of sp³-hybridized carbons (Fsp3) is 0.485. The molecule has 2 aromatic carbocycles. The third-order valence-corrected chi connectivity index (χ3v) is 9.82. The van der Waals surface area contributed by atoms with E-state index in [4.69, 9.17) is 4.74 Å². The predicted molar refractivity (Wildman–Crippen MR) is 155 cm³/mol. The number of likely N-dealkylation sites (tertiary alicyclic amines) is 2. The summed E-state index contributed by atoms with van der Waals surface area (Å²) in [5.41, 5.74) is 5.42. The number of hydrogen-bond acceptors (Lipinski definition) is 5. The Bertz CT molecular complexity index is 1500. The van der Waals surface area contributed by atoms with Crippen LogP contribution < -0.4 is 4.74 Å². The van der Waals surface area contributed by atoms with E-state index >= 15 is 0 Å². The van der Waals surface area contributed by atoms with Gasteiger partial charge in [-0.15, -0.1) is 0 Å². The van der Waals surface area contributed by atoms with Crippen molar-refractivity contribution in [3.8, 4) is 11.8 Å². The quantitative estimate of drug-likeness (QED) is 0.381. The molecule has 8 heteroatoms. The number of nitrogens with zero attached hydrogens (tertiary/aromatic N) is 3. The minimum Gasteiger partial charge on any atom is -0.496 e. The molecule has 2 atom stereocenters. The average molecular weight is 555 g/mol. The van der Waals surface area contributed by atoms with Crippen molar-refractivity contribution in [1.82, 2.24) is 14.8 Å². The highest BCUT2D eigenvalue weighted by Gasteiger charge is 2.49. The van der Waals surface area contributed by atoms with E-state index in [9.17, 15) is 20.0 Å². The number of hydrogen-bond donors (Lipinski definition) is 2. The Morgan fingerprint density at radius 3 is 2.66 bits per heavy atom. The molecule has 41 heavy (non-hydrogen) atoms. The minimum atomic E-state index is -0.867. The number of aliphatic carboxylic acids is 1. The molecule has 2 saturated heterocycles. The maximum Gasteiger partial charge on any atom is 0.305 e. The minimum absolute atomic E-state index is 0.0104. The largest absolute Gasteiger partial charge is 0.496 e. The van der Waals surface area contributed by atoms with Crippen molar-refractivity contribution in [2.45, 2.75) is 70.5 Å². The molecule has 0 unspecified atom stereocenters. The van der Waals surface area contributed by atoms with Crippen LogP contribution in [-0.2, 0) is 11.3 Å². The zero-order chi connectivity index (χ0) is 28.7. The molecule has 1 aromatic heterocycles. The van der Waals surface area contributed by atoms with Gasteiger partial charge in [0.05, 0.1) is 19.6 Å². The number of rotatable bonds is 7. The number of aryl methyl sites for hydroxylation is 1. The lowest BCUT2D eigenvalue weighted by Gasteiger charge is -2.53. The van der Waals surface area contributed by atoms with Gasteiger partial charge in [-0.3, -0.25) is 14.5 Å². The van der Waals surface area contributed by atoms with Crippen LogP contribution in [0.5, 0.6) is 5.75 Å². The van der Waals surface area contributed by atoms with Gasteiger partial charge in [0.15, 0.2) is 0 Å². The van der Waals surface area contributed by atoms with Crippen molar-refractivity contribution in [2.75, 3.05) is 20.2 Å². The molecule has 0 bridgehead atoms. The standard InChI is InChI=1S/C33H38N4O4/c1-21-14-29(41-2)27(26-9-11-35-31(21)26)20-36-13-10-33(16-22(17-33)19-34)18-28(36)23-5-7-24(8-6-23)32(40)37-12-3-4-25(37)15-30(38)39/h5-9,11,14,22,25,28,35H,3-4,10,12-13,15-18,20H2,1-2H3,(H,38,39)/t22?,25-,28-,33?/m0/s1. The lowest BCUT2D eigenvalue weighted by Crippen LogP contribution is -2.48. The van der Waals surface area contributed by atoms with Gasteiger partial charge in [0.1, 0.15) is 5.75 Å². The molecular formula is C33H38N4O4.